The fraction of sp³-hybridized carbons (Fsp3) is 0.400. The lowest BCUT2D eigenvalue weighted by molar-refractivity contribution is -0.144. The summed E-state index contributed by atoms with van der Waals surface area (Å²) in [6.45, 7) is 6.08. The summed E-state index contributed by atoms with van der Waals surface area (Å²) in [4.78, 5) is 11.8. The maximum atomic E-state index is 11.8. The van der Waals surface area contributed by atoms with Crippen LogP contribution >= 0.6 is 0 Å². The van der Waals surface area contributed by atoms with Gasteiger partial charge >= 0.3 is 5.97 Å². The first kappa shape index (κ1) is 14.4. The van der Waals surface area contributed by atoms with Crippen molar-refractivity contribution in [2.45, 2.75) is 32.9 Å². The number of carbonyl (C=O) groups is 1. The molecule has 20 heavy (non-hydrogen) atoms. The standard InChI is InChI=1S/C15H20N2O3/c1-4-20-15(19)14(16)10-8-17(9(2)3)11-6-5-7-12(18)13(10)11/h5-9,14,18H,4,16H2,1-3H3. The number of benzene rings is 1. The lowest BCUT2D eigenvalue weighted by atomic mass is 10.1. The topological polar surface area (TPSA) is 77.5 Å². The Morgan fingerprint density at radius 1 is 1.45 bits per heavy atom. The summed E-state index contributed by atoms with van der Waals surface area (Å²) in [6.07, 6.45) is 1.82. The zero-order valence-corrected chi connectivity index (χ0v) is 12.0. The third kappa shape index (κ3) is 2.36. The van der Waals surface area contributed by atoms with E-state index in [-0.39, 0.29) is 18.4 Å². The van der Waals surface area contributed by atoms with Gasteiger partial charge in [-0.05, 0) is 32.9 Å². The number of esters is 1. The molecule has 1 atom stereocenters. The van der Waals surface area contributed by atoms with Crippen LogP contribution in [-0.2, 0) is 9.53 Å². The smallest absolute Gasteiger partial charge is 0.327 e. The van der Waals surface area contributed by atoms with Crippen LogP contribution in [-0.4, -0.2) is 22.2 Å². The summed E-state index contributed by atoms with van der Waals surface area (Å²) in [6, 6.07) is 4.56. The van der Waals surface area contributed by atoms with Crippen LogP contribution in [0.1, 0.15) is 38.4 Å². The van der Waals surface area contributed by atoms with Crippen LogP contribution in [0.15, 0.2) is 24.4 Å². The number of ether oxygens (including phenoxy) is 1. The number of hydrogen-bond acceptors (Lipinski definition) is 4. The van der Waals surface area contributed by atoms with E-state index in [1.165, 1.54) is 0 Å². The molecule has 5 heteroatoms. The molecular weight excluding hydrogens is 256 g/mol. The van der Waals surface area contributed by atoms with Gasteiger partial charge in [-0.2, -0.15) is 0 Å². The van der Waals surface area contributed by atoms with Crippen LogP contribution < -0.4 is 5.73 Å². The van der Waals surface area contributed by atoms with E-state index in [1.807, 2.05) is 30.7 Å². The van der Waals surface area contributed by atoms with Gasteiger partial charge in [0.1, 0.15) is 11.8 Å². The normalized spacial score (nSPS) is 12.8. The van der Waals surface area contributed by atoms with Gasteiger partial charge in [0.15, 0.2) is 0 Å². The van der Waals surface area contributed by atoms with E-state index < -0.39 is 12.0 Å². The van der Waals surface area contributed by atoms with Crippen molar-refractivity contribution < 1.29 is 14.6 Å². The van der Waals surface area contributed by atoms with Crippen LogP contribution in [0, 0.1) is 0 Å². The van der Waals surface area contributed by atoms with Crippen molar-refractivity contribution in [3.05, 3.63) is 30.0 Å². The first-order valence-electron chi connectivity index (χ1n) is 6.72. The number of aromatic hydroxyl groups is 1. The van der Waals surface area contributed by atoms with Crippen molar-refractivity contribution in [3.8, 4) is 5.75 Å². The van der Waals surface area contributed by atoms with Gasteiger partial charge in [-0.15, -0.1) is 0 Å². The Kier molecular flexibility index (Phi) is 3.99. The maximum Gasteiger partial charge on any atom is 0.327 e. The number of fused-ring (bicyclic) bond motifs is 1. The highest BCUT2D eigenvalue weighted by Gasteiger charge is 2.24. The number of hydrogen-bond donors (Lipinski definition) is 2. The Bertz CT molecular complexity index is 631. The first-order chi connectivity index (χ1) is 9.47. The van der Waals surface area contributed by atoms with Gasteiger partial charge < -0.3 is 20.1 Å². The Labute approximate surface area is 117 Å². The van der Waals surface area contributed by atoms with E-state index in [1.54, 1.807) is 19.1 Å². The van der Waals surface area contributed by atoms with Crippen molar-refractivity contribution in [2.75, 3.05) is 6.61 Å². The van der Waals surface area contributed by atoms with Gasteiger partial charge in [-0.3, -0.25) is 0 Å². The molecule has 1 unspecified atom stereocenters. The molecule has 2 aromatic rings. The fourth-order valence-corrected chi connectivity index (χ4v) is 2.35. The van der Waals surface area contributed by atoms with E-state index in [9.17, 15) is 9.90 Å². The molecule has 0 amide bonds. The lowest BCUT2D eigenvalue weighted by Gasteiger charge is -2.10. The predicted molar refractivity (Wildman–Crippen MR) is 77.5 cm³/mol. The predicted octanol–water partition coefficient (Wildman–Crippen LogP) is 2.49. The van der Waals surface area contributed by atoms with Gasteiger partial charge in [0, 0.05) is 23.2 Å². The molecule has 0 saturated carbocycles. The molecular formula is C15H20N2O3. The molecule has 3 N–H and O–H groups in total. The molecule has 5 nitrogen and oxygen atoms in total. The van der Waals surface area contributed by atoms with E-state index in [4.69, 9.17) is 10.5 Å². The number of phenolic OH excluding ortho intramolecular Hbond substituents is 1. The van der Waals surface area contributed by atoms with Gasteiger partial charge in [0.25, 0.3) is 0 Å². The Morgan fingerprint density at radius 3 is 2.75 bits per heavy atom. The summed E-state index contributed by atoms with van der Waals surface area (Å²) < 4.78 is 6.95. The Morgan fingerprint density at radius 2 is 2.15 bits per heavy atom. The molecule has 0 spiro atoms. The van der Waals surface area contributed by atoms with E-state index in [2.05, 4.69) is 0 Å². The zero-order valence-electron chi connectivity index (χ0n) is 12.0. The second-order valence-corrected chi connectivity index (χ2v) is 4.99. The summed E-state index contributed by atoms with van der Waals surface area (Å²) in [5, 5.41) is 10.7. The van der Waals surface area contributed by atoms with Crippen LogP contribution in [0.5, 0.6) is 5.75 Å². The molecule has 108 valence electrons. The van der Waals surface area contributed by atoms with E-state index in [0.29, 0.717) is 10.9 Å². The molecule has 1 aromatic carbocycles. The quantitative estimate of drug-likeness (QED) is 0.841. The lowest BCUT2D eigenvalue weighted by Crippen LogP contribution is -2.23. The first-order valence-corrected chi connectivity index (χ1v) is 6.72. The maximum absolute atomic E-state index is 11.8. The highest BCUT2D eigenvalue weighted by atomic mass is 16.5. The average Bonchev–Trinajstić information content (AvgIpc) is 2.79. The van der Waals surface area contributed by atoms with E-state index >= 15 is 0 Å². The fourth-order valence-electron chi connectivity index (χ4n) is 2.35. The Hall–Kier alpha value is -2.01. The molecule has 1 aromatic heterocycles. The van der Waals surface area contributed by atoms with Gasteiger partial charge in [0.2, 0.25) is 0 Å². The molecule has 2 rings (SSSR count). The second-order valence-electron chi connectivity index (χ2n) is 4.99. The largest absolute Gasteiger partial charge is 0.507 e. The highest BCUT2D eigenvalue weighted by molar-refractivity contribution is 5.94. The van der Waals surface area contributed by atoms with Gasteiger partial charge in [0.05, 0.1) is 12.1 Å². The van der Waals surface area contributed by atoms with Gasteiger partial charge in [-0.1, -0.05) is 6.07 Å². The third-order valence-corrected chi connectivity index (χ3v) is 3.30. The Balaban J connectivity index is 2.61. The van der Waals surface area contributed by atoms with Crippen LogP contribution in [0.3, 0.4) is 0 Å². The van der Waals surface area contributed by atoms with Crippen LogP contribution in [0.25, 0.3) is 10.9 Å². The second kappa shape index (κ2) is 5.54. The number of nitrogens with zero attached hydrogens (tertiary/aromatic N) is 1. The summed E-state index contributed by atoms with van der Waals surface area (Å²) in [5.41, 5.74) is 7.42. The minimum atomic E-state index is -0.897. The highest BCUT2D eigenvalue weighted by Crippen LogP contribution is 2.34. The third-order valence-electron chi connectivity index (χ3n) is 3.30. The van der Waals surface area contributed by atoms with E-state index in [0.717, 1.165) is 5.52 Å². The SMILES string of the molecule is CCOC(=O)C(N)c1cn(C(C)C)c2cccc(O)c12. The van der Waals surface area contributed by atoms with Crippen LogP contribution in [0.4, 0.5) is 0 Å². The van der Waals surface area contributed by atoms with Crippen molar-refractivity contribution >= 4 is 16.9 Å². The van der Waals surface area contributed by atoms with Crippen molar-refractivity contribution in [1.82, 2.24) is 4.57 Å². The van der Waals surface area contributed by atoms with Crippen molar-refractivity contribution in [3.63, 3.8) is 0 Å². The molecule has 0 bridgehead atoms. The minimum absolute atomic E-state index is 0.122. The number of nitrogens with two attached hydrogens (primary N) is 1. The monoisotopic (exact) mass is 276 g/mol. The molecule has 0 saturated heterocycles. The minimum Gasteiger partial charge on any atom is -0.507 e. The van der Waals surface area contributed by atoms with Crippen LogP contribution in [0.2, 0.25) is 0 Å². The average molecular weight is 276 g/mol. The van der Waals surface area contributed by atoms with Crippen molar-refractivity contribution in [2.24, 2.45) is 5.73 Å². The van der Waals surface area contributed by atoms with Gasteiger partial charge in [-0.25, -0.2) is 4.79 Å². The summed E-state index contributed by atoms with van der Waals surface area (Å²) in [5.74, 6) is -0.366. The number of rotatable bonds is 4. The molecule has 0 aliphatic carbocycles. The molecule has 0 aliphatic rings. The molecule has 1 heterocycles. The molecule has 0 radical (unpaired) electrons. The number of carbonyl (C=O) groups excluding carboxylic acids is 1. The zero-order chi connectivity index (χ0) is 14.9. The number of aromatic nitrogens is 1. The number of phenols is 1. The van der Waals surface area contributed by atoms with Crippen molar-refractivity contribution in [1.29, 1.82) is 0 Å². The molecule has 0 fully saturated rings. The summed E-state index contributed by atoms with van der Waals surface area (Å²) >= 11 is 0. The molecule has 0 aliphatic heterocycles. The summed E-state index contributed by atoms with van der Waals surface area (Å²) in [7, 11) is 0.